The summed E-state index contributed by atoms with van der Waals surface area (Å²) >= 11 is 0. The molecule has 0 bridgehead atoms. The molecule has 7 heteroatoms. The van der Waals surface area contributed by atoms with Gasteiger partial charge in [0.2, 0.25) is 0 Å². The number of hydrogen-bond acceptors (Lipinski definition) is 6. The second-order valence-electron chi connectivity index (χ2n) is 8.67. The zero-order valence-corrected chi connectivity index (χ0v) is 23.9. The Bertz CT molecular complexity index is 843. The van der Waals surface area contributed by atoms with Gasteiger partial charge in [0.1, 0.15) is 11.5 Å². The van der Waals surface area contributed by atoms with Crippen LogP contribution >= 0.6 is 0 Å². The number of para-hydroxylation sites is 2. The molecular weight excluding hydrogens is 474 g/mol. The van der Waals surface area contributed by atoms with E-state index >= 15 is 0 Å². The molecule has 6 nitrogen and oxygen atoms in total. The largest absolute Gasteiger partial charge is 2.00 e. The molecule has 0 saturated carbocycles. The number of carboxylic acid groups (broad SMARTS) is 2. The first-order valence-electron chi connectivity index (χ1n) is 10.9. The molecule has 2 rings (SSSR count). The molecule has 2 aromatic rings. The van der Waals surface area contributed by atoms with Gasteiger partial charge in [-0.25, -0.2) is 0 Å². The van der Waals surface area contributed by atoms with E-state index in [2.05, 4.69) is 0 Å². The van der Waals surface area contributed by atoms with Crippen LogP contribution in [0.15, 0.2) is 36.4 Å². The van der Waals surface area contributed by atoms with E-state index in [1.165, 1.54) is 12.1 Å². The van der Waals surface area contributed by atoms with Crippen molar-refractivity contribution in [3.05, 3.63) is 58.7 Å². The van der Waals surface area contributed by atoms with Crippen molar-refractivity contribution in [2.75, 3.05) is 0 Å². The van der Waals surface area contributed by atoms with Crippen molar-refractivity contribution in [3.8, 4) is 11.5 Å². The van der Waals surface area contributed by atoms with Crippen molar-refractivity contribution >= 4 is 11.9 Å². The molecule has 0 atom stereocenters. The standard InChI is InChI=1S/2C13H18O3.Zn/c2*1-8(2)10-6-5-7-11(13(14)15)12(10)16-9(3)4;/h2*5-9H,1-4H3,(H,14,15);/q;;+2/p-2. The third-order valence-corrected chi connectivity index (χ3v) is 4.48. The van der Waals surface area contributed by atoms with Crippen molar-refractivity contribution in [1.29, 1.82) is 0 Å². The summed E-state index contributed by atoms with van der Waals surface area (Å²) in [6.45, 7) is 15.5. The fraction of sp³-hybridized carbons (Fsp3) is 0.462. The predicted octanol–water partition coefficient (Wildman–Crippen LogP) is 3.92. The molecule has 0 radical (unpaired) electrons. The Morgan fingerprint density at radius 2 is 0.939 bits per heavy atom. The van der Waals surface area contributed by atoms with Crippen LogP contribution in [0.2, 0.25) is 0 Å². The smallest absolute Gasteiger partial charge is 0.545 e. The van der Waals surface area contributed by atoms with Gasteiger partial charge in [0.05, 0.1) is 24.1 Å². The van der Waals surface area contributed by atoms with Crippen molar-refractivity contribution < 1.29 is 48.8 Å². The normalized spacial score (nSPS) is 10.5. The van der Waals surface area contributed by atoms with Crippen LogP contribution < -0.4 is 19.7 Å². The second-order valence-corrected chi connectivity index (χ2v) is 8.67. The van der Waals surface area contributed by atoms with Crippen molar-refractivity contribution in [2.24, 2.45) is 0 Å². The molecule has 0 unspecified atom stereocenters. The molecule has 0 aliphatic carbocycles. The summed E-state index contributed by atoms with van der Waals surface area (Å²) in [6.07, 6.45) is -0.115. The van der Waals surface area contributed by atoms with Crippen LogP contribution in [-0.2, 0) is 19.5 Å². The molecule has 2 aromatic carbocycles. The molecule has 0 aromatic heterocycles. The molecule has 33 heavy (non-hydrogen) atoms. The van der Waals surface area contributed by atoms with Gasteiger partial charge >= 0.3 is 19.5 Å². The van der Waals surface area contributed by atoms with Crippen LogP contribution in [0.1, 0.15) is 99.1 Å². The summed E-state index contributed by atoms with van der Waals surface area (Å²) in [6, 6.07) is 10.2. The third-order valence-electron chi connectivity index (χ3n) is 4.48. The summed E-state index contributed by atoms with van der Waals surface area (Å²) in [5.41, 5.74) is 2.05. The Morgan fingerprint density at radius 1 is 0.636 bits per heavy atom. The monoisotopic (exact) mass is 506 g/mol. The van der Waals surface area contributed by atoms with Gasteiger partial charge in [-0.05, 0) is 62.8 Å². The number of carboxylic acids is 2. The van der Waals surface area contributed by atoms with E-state index in [9.17, 15) is 19.8 Å². The van der Waals surface area contributed by atoms with Gasteiger partial charge in [0, 0.05) is 11.1 Å². The van der Waals surface area contributed by atoms with Crippen LogP contribution in [0.25, 0.3) is 0 Å². The van der Waals surface area contributed by atoms with Gasteiger partial charge in [-0.15, -0.1) is 0 Å². The van der Waals surface area contributed by atoms with E-state index in [1.54, 1.807) is 12.1 Å². The van der Waals surface area contributed by atoms with E-state index in [0.29, 0.717) is 11.5 Å². The van der Waals surface area contributed by atoms with Crippen LogP contribution in [0.5, 0.6) is 11.5 Å². The van der Waals surface area contributed by atoms with Crippen molar-refractivity contribution in [3.63, 3.8) is 0 Å². The van der Waals surface area contributed by atoms with Crippen LogP contribution in [0.4, 0.5) is 0 Å². The van der Waals surface area contributed by atoms with Crippen molar-refractivity contribution in [2.45, 2.75) is 79.4 Å². The molecule has 0 aliphatic heterocycles. The van der Waals surface area contributed by atoms with Gasteiger partial charge in [-0.2, -0.15) is 0 Å². The Morgan fingerprint density at radius 3 is 1.15 bits per heavy atom. The Labute approximate surface area is 210 Å². The predicted molar refractivity (Wildman–Crippen MR) is 121 cm³/mol. The van der Waals surface area contributed by atoms with E-state index in [1.807, 2.05) is 67.5 Å². The molecule has 176 valence electrons. The number of carbonyl (C=O) groups excluding carboxylic acids is 2. The zero-order chi connectivity index (χ0) is 24.6. The number of carbonyl (C=O) groups is 2. The third kappa shape index (κ3) is 9.17. The van der Waals surface area contributed by atoms with E-state index < -0.39 is 11.9 Å². The molecule has 0 N–H and O–H groups in total. The minimum atomic E-state index is -1.20. The van der Waals surface area contributed by atoms with Gasteiger partial charge in [0.15, 0.2) is 0 Å². The molecular formula is C26H34O6Zn. The minimum Gasteiger partial charge on any atom is -0.545 e. The quantitative estimate of drug-likeness (QED) is 0.502. The summed E-state index contributed by atoms with van der Waals surface area (Å²) in [7, 11) is 0. The van der Waals surface area contributed by atoms with Crippen LogP contribution in [-0.4, -0.2) is 24.1 Å². The summed E-state index contributed by atoms with van der Waals surface area (Å²) in [5, 5.41) is 22.0. The number of aromatic carboxylic acids is 2. The average molecular weight is 508 g/mol. The first-order valence-corrected chi connectivity index (χ1v) is 10.9. The molecule has 0 heterocycles. The maximum Gasteiger partial charge on any atom is 2.00 e. The van der Waals surface area contributed by atoms with E-state index in [4.69, 9.17) is 9.47 Å². The number of ether oxygens (including phenoxy) is 2. The second kappa shape index (κ2) is 14.0. The summed E-state index contributed by atoms with van der Waals surface area (Å²) < 4.78 is 11.2. The van der Waals surface area contributed by atoms with Crippen LogP contribution in [0.3, 0.4) is 0 Å². The van der Waals surface area contributed by atoms with Gasteiger partial charge in [-0.1, -0.05) is 52.0 Å². The first kappa shape index (κ1) is 30.6. The minimum absolute atomic E-state index is 0. The van der Waals surface area contributed by atoms with E-state index in [0.717, 1.165) is 11.1 Å². The van der Waals surface area contributed by atoms with Gasteiger partial charge in [-0.3, -0.25) is 0 Å². The number of rotatable bonds is 8. The average Bonchev–Trinajstić information content (AvgIpc) is 2.67. The SMILES string of the molecule is CC(C)Oc1c(C(=O)[O-])cccc1C(C)C.CC(C)Oc1c(C(=O)[O-])cccc1C(C)C.[Zn+2]. The fourth-order valence-electron chi connectivity index (χ4n) is 3.07. The van der Waals surface area contributed by atoms with Gasteiger partial charge < -0.3 is 29.3 Å². The molecule has 0 amide bonds. The Balaban J connectivity index is 0.000000602. The number of benzene rings is 2. The summed E-state index contributed by atoms with van der Waals surface area (Å²) in [4.78, 5) is 22.0. The molecule has 0 aliphatic rings. The Kier molecular flexibility index (Phi) is 13.0. The molecule has 0 fully saturated rings. The van der Waals surface area contributed by atoms with Crippen molar-refractivity contribution in [1.82, 2.24) is 0 Å². The zero-order valence-electron chi connectivity index (χ0n) is 20.9. The number of hydrogen-bond donors (Lipinski definition) is 0. The maximum absolute atomic E-state index is 11.0. The summed E-state index contributed by atoms with van der Waals surface area (Å²) in [5.74, 6) is -1.09. The molecule has 0 saturated heterocycles. The fourth-order valence-corrected chi connectivity index (χ4v) is 3.07. The maximum atomic E-state index is 11.0. The van der Waals surface area contributed by atoms with Gasteiger partial charge in [0.25, 0.3) is 0 Å². The molecule has 0 spiro atoms. The van der Waals surface area contributed by atoms with E-state index in [-0.39, 0.29) is 54.6 Å². The first-order chi connectivity index (χ1) is 14.9. The Hall–Kier alpha value is -2.40. The topological polar surface area (TPSA) is 98.7 Å². The van der Waals surface area contributed by atoms with Crippen LogP contribution in [0, 0.1) is 0 Å².